The van der Waals surface area contributed by atoms with Crippen molar-refractivity contribution in [2.75, 3.05) is 5.32 Å². The molecule has 100 valence electrons. The number of rotatable bonds is 3. The van der Waals surface area contributed by atoms with Crippen LogP contribution in [-0.2, 0) is 9.53 Å². The zero-order chi connectivity index (χ0) is 13.9. The van der Waals surface area contributed by atoms with E-state index < -0.39 is 5.60 Å². The van der Waals surface area contributed by atoms with Crippen LogP contribution >= 0.6 is 15.9 Å². The molecule has 1 aromatic rings. The summed E-state index contributed by atoms with van der Waals surface area (Å²) < 4.78 is 6.35. The summed E-state index contributed by atoms with van der Waals surface area (Å²) in [5.74, 6) is -0.246. The van der Waals surface area contributed by atoms with Gasteiger partial charge in [-0.3, -0.25) is 0 Å². The molecule has 1 N–H and O–H groups in total. The van der Waals surface area contributed by atoms with Crippen molar-refractivity contribution >= 4 is 27.6 Å². The lowest BCUT2D eigenvalue weighted by atomic mass is 10.1. The molecule has 0 aliphatic carbocycles. The molecule has 0 saturated carbocycles. The van der Waals surface area contributed by atoms with Gasteiger partial charge in [0, 0.05) is 10.2 Å². The number of carbonyl (C=O) groups excluding carboxylic acids is 1. The minimum absolute atomic E-state index is 0.246. The van der Waals surface area contributed by atoms with Crippen LogP contribution in [0.3, 0.4) is 0 Å². The number of carbonyl (C=O) groups is 1. The maximum Gasteiger partial charge on any atom is 0.328 e. The molecule has 0 aliphatic rings. The molecule has 0 amide bonds. The number of aryl methyl sites for hydroxylation is 1. The molecular weight excluding hydrogens is 294 g/mol. The summed E-state index contributed by atoms with van der Waals surface area (Å²) in [5, 5.41) is 3.16. The molecule has 0 heterocycles. The Morgan fingerprint density at radius 2 is 2.00 bits per heavy atom. The second-order valence-corrected chi connectivity index (χ2v) is 6.27. The fourth-order valence-electron chi connectivity index (χ4n) is 1.47. The monoisotopic (exact) mass is 313 g/mol. The molecule has 1 rings (SSSR count). The SMILES string of the molecule is Cc1cc(Br)ccc1NC(C)C(=O)OC(C)(C)C. The summed E-state index contributed by atoms with van der Waals surface area (Å²) in [6.07, 6.45) is 0. The van der Waals surface area contributed by atoms with Crippen molar-refractivity contribution in [3.8, 4) is 0 Å². The summed E-state index contributed by atoms with van der Waals surface area (Å²) in [4.78, 5) is 11.8. The predicted octanol–water partition coefficient (Wildman–Crippen LogP) is 3.90. The predicted molar refractivity (Wildman–Crippen MR) is 77.8 cm³/mol. The van der Waals surface area contributed by atoms with Crippen LogP contribution in [-0.4, -0.2) is 17.6 Å². The highest BCUT2D eigenvalue weighted by Gasteiger charge is 2.21. The Bertz CT molecular complexity index is 438. The second kappa shape index (κ2) is 5.74. The zero-order valence-corrected chi connectivity index (χ0v) is 13.1. The number of nitrogens with one attached hydrogen (secondary N) is 1. The highest BCUT2D eigenvalue weighted by atomic mass is 79.9. The number of halogens is 1. The highest BCUT2D eigenvalue weighted by molar-refractivity contribution is 9.10. The van der Waals surface area contributed by atoms with E-state index in [1.165, 1.54) is 0 Å². The van der Waals surface area contributed by atoms with Crippen molar-refractivity contribution < 1.29 is 9.53 Å². The average Bonchev–Trinajstić information content (AvgIpc) is 2.19. The fourth-order valence-corrected chi connectivity index (χ4v) is 1.95. The molecule has 0 spiro atoms. The minimum Gasteiger partial charge on any atom is -0.458 e. The Balaban J connectivity index is 2.69. The molecular formula is C14H20BrNO2. The summed E-state index contributed by atoms with van der Waals surface area (Å²) in [6, 6.07) is 5.52. The van der Waals surface area contributed by atoms with Crippen LogP contribution < -0.4 is 5.32 Å². The number of ether oxygens (including phenoxy) is 1. The van der Waals surface area contributed by atoms with Crippen molar-refractivity contribution in [1.82, 2.24) is 0 Å². The molecule has 0 radical (unpaired) electrons. The van der Waals surface area contributed by atoms with E-state index in [0.717, 1.165) is 15.7 Å². The van der Waals surface area contributed by atoms with Gasteiger partial charge in [-0.05, 0) is 58.4 Å². The third kappa shape index (κ3) is 4.69. The van der Waals surface area contributed by atoms with E-state index in [-0.39, 0.29) is 12.0 Å². The smallest absolute Gasteiger partial charge is 0.328 e. The summed E-state index contributed by atoms with van der Waals surface area (Å²) >= 11 is 3.41. The second-order valence-electron chi connectivity index (χ2n) is 5.36. The molecule has 0 fully saturated rings. The van der Waals surface area contributed by atoms with Crippen LogP contribution in [0, 0.1) is 6.92 Å². The van der Waals surface area contributed by atoms with Crippen LogP contribution in [0.5, 0.6) is 0 Å². The van der Waals surface area contributed by atoms with Gasteiger partial charge in [-0.2, -0.15) is 0 Å². The number of esters is 1. The van der Waals surface area contributed by atoms with E-state index in [4.69, 9.17) is 4.74 Å². The largest absolute Gasteiger partial charge is 0.458 e. The van der Waals surface area contributed by atoms with Gasteiger partial charge < -0.3 is 10.1 Å². The number of benzene rings is 1. The molecule has 0 aromatic heterocycles. The first-order valence-corrected chi connectivity index (χ1v) is 6.74. The Morgan fingerprint density at radius 1 is 1.39 bits per heavy atom. The third-order valence-corrected chi connectivity index (χ3v) is 2.81. The van der Waals surface area contributed by atoms with Gasteiger partial charge >= 0.3 is 5.97 Å². The zero-order valence-electron chi connectivity index (χ0n) is 11.5. The van der Waals surface area contributed by atoms with E-state index in [0.29, 0.717) is 0 Å². The van der Waals surface area contributed by atoms with Crippen LogP contribution in [0.1, 0.15) is 33.3 Å². The van der Waals surface area contributed by atoms with Gasteiger partial charge in [0.15, 0.2) is 0 Å². The number of hydrogen-bond donors (Lipinski definition) is 1. The van der Waals surface area contributed by atoms with Gasteiger partial charge in [0.25, 0.3) is 0 Å². The molecule has 4 heteroatoms. The molecule has 3 nitrogen and oxygen atoms in total. The molecule has 1 atom stereocenters. The summed E-state index contributed by atoms with van der Waals surface area (Å²) in [7, 11) is 0. The van der Waals surface area contributed by atoms with Crippen molar-refractivity contribution in [2.45, 2.75) is 46.3 Å². The van der Waals surface area contributed by atoms with Crippen molar-refractivity contribution in [2.24, 2.45) is 0 Å². The standard InChI is InChI=1S/C14H20BrNO2/c1-9-8-11(15)6-7-12(9)16-10(2)13(17)18-14(3,4)5/h6-8,10,16H,1-5H3. The van der Waals surface area contributed by atoms with Crippen molar-refractivity contribution in [3.63, 3.8) is 0 Å². The Morgan fingerprint density at radius 3 is 2.50 bits per heavy atom. The van der Waals surface area contributed by atoms with Gasteiger partial charge in [0.2, 0.25) is 0 Å². The van der Waals surface area contributed by atoms with E-state index in [2.05, 4.69) is 21.2 Å². The maximum atomic E-state index is 11.8. The summed E-state index contributed by atoms with van der Waals surface area (Å²) in [5.41, 5.74) is 1.57. The van der Waals surface area contributed by atoms with E-state index in [9.17, 15) is 4.79 Å². The van der Waals surface area contributed by atoms with Crippen molar-refractivity contribution in [1.29, 1.82) is 0 Å². The quantitative estimate of drug-likeness (QED) is 0.860. The molecule has 1 unspecified atom stereocenters. The Kier molecular flexibility index (Phi) is 4.79. The Hall–Kier alpha value is -1.03. The fraction of sp³-hybridized carbons (Fsp3) is 0.500. The van der Waals surface area contributed by atoms with Gasteiger partial charge in [0.05, 0.1) is 0 Å². The van der Waals surface area contributed by atoms with Crippen LogP contribution in [0.4, 0.5) is 5.69 Å². The normalized spacial score (nSPS) is 13.0. The van der Waals surface area contributed by atoms with Crippen LogP contribution in [0.2, 0.25) is 0 Å². The lowest BCUT2D eigenvalue weighted by Gasteiger charge is -2.23. The first-order chi connectivity index (χ1) is 8.19. The molecule has 18 heavy (non-hydrogen) atoms. The van der Waals surface area contributed by atoms with Gasteiger partial charge in [0.1, 0.15) is 11.6 Å². The minimum atomic E-state index is -0.457. The number of anilines is 1. The van der Waals surface area contributed by atoms with Crippen LogP contribution in [0.25, 0.3) is 0 Å². The highest BCUT2D eigenvalue weighted by Crippen LogP contribution is 2.21. The van der Waals surface area contributed by atoms with E-state index >= 15 is 0 Å². The van der Waals surface area contributed by atoms with E-state index in [1.807, 2.05) is 45.9 Å². The average molecular weight is 314 g/mol. The summed E-state index contributed by atoms with van der Waals surface area (Å²) in [6.45, 7) is 9.39. The molecule has 0 bridgehead atoms. The topological polar surface area (TPSA) is 38.3 Å². The first kappa shape index (κ1) is 15.0. The molecule has 0 saturated heterocycles. The van der Waals surface area contributed by atoms with E-state index in [1.54, 1.807) is 6.92 Å². The molecule has 0 aliphatic heterocycles. The van der Waals surface area contributed by atoms with Gasteiger partial charge in [-0.1, -0.05) is 15.9 Å². The Labute approximate surface area is 117 Å². The third-order valence-electron chi connectivity index (χ3n) is 2.32. The number of hydrogen-bond acceptors (Lipinski definition) is 3. The van der Waals surface area contributed by atoms with Crippen molar-refractivity contribution in [3.05, 3.63) is 28.2 Å². The van der Waals surface area contributed by atoms with Gasteiger partial charge in [-0.15, -0.1) is 0 Å². The lowest BCUT2D eigenvalue weighted by Crippen LogP contribution is -2.34. The maximum absolute atomic E-state index is 11.8. The lowest BCUT2D eigenvalue weighted by molar-refractivity contribution is -0.155. The first-order valence-electron chi connectivity index (χ1n) is 5.94. The van der Waals surface area contributed by atoms with Gasteiger partial charge in [-0.25, -0.2) is 4.79 Å². The molecule has 1 aromatic carbocycles. The van der Waals surface area contributed by atoms with Crippen LogP contribution in [0.15, 0.2) is 22.7 Å².